The number of rotatable bonds is 6. The fourth-order valence-corrected chi connectivity index (χ4v) is 5.10. The number of carbonyl (C=O) groups excluding carboxylic acids is 2. The van der Waals surface area contributed by atoms with E-state index in [9.17, 15) is 18.0 Å². The highest BCUT2D eigenvalue weighted by molar-refractivity contribution is 7.91. The Balaban J connectivity index is 1.50. The number of nitrogens with one attached hydrogen (secondary N) is 1. The molecule has 160 valence electrons. The van der Waals surface area contributed by atoms with Crippen molar-refractivity contribution < 1.29 is 22.7 Å². The second-order valence-electron chi connectivity index (χ2n) is 7.27. The van der Waals surface area contributed by atoms with Crippen molar-refractivity contribution >= 4 is 21.7 Å². The standard InChI is InChI=1S/C22H21N3O5S/c26-21(23-17-11-12-31(28,29)15-17)14-30-22(27)20-13-19(16-7-3-1-4-8-16)24-25(20)18-9-5-2-6-10-18/h1-10,13,17H,11-12,14-15H2,(H,23,26). The van der Waals surface area contributed by atoms with Gasteiger partial charge in [-0.05, 0) is 24.6 Å². The van der Waals surface area contributed by atoms with Crippen LogP contribution in [0.3, 0.4) is 0 Å². The van der Waals surface area contributed by atoms with Gasteiger partial charge in [0.1, 0.15) is 0 Å². The van der Waals surface area contributed by atoms with Gasteiger partial charge in [0.05, 0.1) is 22.9 Å². The van der Waals surface area contributed by atoms with Crippen molar-refractivity contribution in [3.05, 3.63) is 72.4 Å². The lowest BCUT2D eigenvalue weighted by Gasteiger charge is -2.11. The third-order valence-electron chi connectivity index (χ3n) is 4.92. The van der Waals surface area contributed by atoms with Gasteiger partial charge in [0, 0.05) is 11.6 Å². The quantitative estimate of drug-likeness (QED) is 0.589. The first-order valence-corrected chi connectivity index (χ1v) is 11.6. The van der Waals surface area contributed by atoms with Gasteiger partial charge in [-0.3, -0.25) is 4.79 Å². The molecule has 1 amide bonds. The molecule has 9 heteroatoms. The number of carbonyl (C=O) groups is 2. The Kier molecular flexibility index (Phi) is 5.85. The van der Waals surface area contributed by atoms with Crippen LogP contribution in [-0.2, 0) is 19.4 Å². The summed E-state index contributed by atoms with van der Waals surface area (Å²) in [5.74, 6) is -1.28. The molecule has 1 aliphatic rings. The summed E-state index contributed by atoms with van der Waals surface area (Å²) in [6, 6.07) is 19.7. The van der Waals surface area contributed by atoms with Crippen molar-refractivity contribution in [2.45, 2.75) is 12.5 Å². The number of aromatic nitrogens is 2. The SMILES string of the molecule is O=C(COC(=O)c1cc(-c2ccccc2)nn1-c1ccccc1)NC1CCS(=O)(=O)C1. The summed E-state index contributed by atoms with van der Waals surface area (Å²) >= 11 is 0. The van der Waals surface area contributed by atoms with E-state index in [2.05, 4.69) is 10.4 Å². The van der Waals surface area contributed by atoms with Gasteiger partial charge in [0.15, 0.2) is 22.1 Å². The highest BCUT2D eigenvalue weighted by Gasteiger charge is 2.29. The van der Waals surface area contributed by atoms with Gasteiger partial charge in [-0.25, -0.2) is 17.9 Å². The first kappa shape index (κ1) is 20.8. The molecule has 0 radical (unpaired) electrons. The van der Waals surface area contributed by atoms with Gasteiger partial charge in [-0.1, -0.05) is 48.5 Å². The average molecular weight is 439 g/mol. The molecule has 2 aromatic carbocycles. The predicted molar refractivity (Wildman–Crippen MR) is 114 cm³/mol. The molecule has 8 nitrogen and oxygen atoms in total. The molecule has 2 heterocycles. The van der Waals surface area contributed by atoms with Crippen LogP contribution in [0.2, 0.25) is 0 Å². The van der Waals surface area contributed by atoms with E-state index in [1.165, 1.54) is 4.68 Å². The smallest absolute Gasteiger partial charge is 0.357 e. The molecular formula is C22H21N3O5S. The number of hydrogen-bond donors (Lipinski definition) is 1. The Morgan fingerprint density at radius 1 is 1.06 bits per heavy atom. The number of esters is 1. The van der Waals surface area contributed by atoms with Gasteiger partial charge in [-0.2, -0.15) is 5.10 Å². The third-order valence-corrected chi connectivity index (χ3v) is 6.69. The van der Waals surface area contributed by atoms with Crippen LogP contribution in [0.1, 0.15) is 16.9 Å². The van der Waals surface area contributed by atoms with Gasteiger partial charge in [-0.15, -0.1) is 0 Å². The molecule has 1 atom stereocenters. The molecule has 0 aliphatic carbocycles. The Morgan fingerprint density at radius 3 is 2.39 bits per heavy atom. The van der Waals surface area contributed by atoms with E-state index in [1.54, 1.807) is 6.07 Å². The zero-order chi connectivity index (χ0) is 21.8. The fourth-order valence-electron chi connectivity index (χ4n) is 3.43. The topological polar surface area (TPSA) is 107 Å². The number of sulfone groups is 1. The minimum Gasteiger partial charge on any atom is -0.451 e. The number of benzene rings is 2. The van der Waals surface area contributed by atoms with Crippen molar-refractivity contribution in [1.82, 2.24) is 15.1 Å². The summed E-state index contributed by atoms with van der Waals surface area (Å²) in [7, 11) is -3.11. The maximum atomic E-state index is 12.8. The van der Waals surface area contributed by atoms with Gasteiger partial charge < -0.3 is 10.1 Å². The minimum absolute atomic E-state index is 0.0518. The van der Waals surface area contributed by atoms with Crippen molar-refractivity contribution in [3.63, 3.8) is 0 Å². The van der Waals surface area contributed by atoms with Crippen LogP contribution in [0.15, 0.2) is 66.7 Å². The molecule has 0 bridgehead atoms. The Hall–Kier alpha value is -3.46. The zero-order valence-corrected chi connectivity index (χ0v) is 17.4. The number of hydrogen-bond acceptors (Lipinski definition) is 6. The maximum absolute atomic E-state index is 12.8. The van der Waals surface area contributed by atoms with Crippen LogP contribution >= 0.6 is 0 Å². The first-order valence-electron chi connectivity index (χ1n) is 9.79. The number of amides is 1. The predicted octanol–water partition coefficient (Wildman–Crippen LogP) is 2.00. The molecule has 1 unspecified atom stereocenters. The summed E-state index contributed by atoms with van der Waals surface area (Å²) < 4.78 is 29.7. The molecule has 4 rings (SSSR count). The second-order valence-corrected chi connectivity index (χ2v) is 9.50. The van der Waals surface area contributed by atoms with Crippen LogP contribution in [0.25, 0.3) is 16.9 Å². The largest absolute Gasteiger partial charge is 0.451 e. The number of nitrogens with zero attached hydrogens (tertiary/aromatic N) is 2. The molecule has 1 saturated heterocycles. The number of ether oxygens (including phenoxy) is 1. The Morgan fingerprint density at radius 2 is 1.74 bits per heavy atom. The summed E-state index contributed by atoms with van der Waals surface area (Å²) in [6.45, 7) is -0.504. The van der Waals surface area contributed by atoms with Crippen molar-refractivity contribution in [3.8, 4) is 16.9 Å². The highest BCUT2D eigenvalue weighted by Crippen LogP contribution is 2.22. The Bertz CT molecular complexity index is 1190. The second kappa shape index (κ2) is 8.73. The van der Waals surface area contributed by atoms with E-state index in [0.717, 1.165) is 5.56 Å². The van der Waals surface area contributed by atoms with Crippen LogP contribution in [0.4, 0.5) is 0 Å². The van der Waals surface area contributed by atoms with E-state index in [1.807, 2.05) is 60.7 Å². The minimum atomic E-state index is -3.11. The van der Waals surface area contributed by atoms with Gasteiger partial charge >= 0.3 is 5.97 Å². The summed E-state index contributed by atoms with van der Waals surface area (Å²) in [4.78, 5) is 24.9. The van der Waals surface area contributed by atoms with E-state index >= 15 is 0 Å². The lowest BCUT2D eigenvalue weighted by atomic mass is 10.1. The molecule has 1 fully saturated rings. The normalized spacial score (nSPS) is 17.2. The van der Waals surface area contributed by atoms with Crippen LogP contribution in [0, 0.1) is 0 Å². The van der Waals surface area contributed by atoms with Crippen LogP contribution in [0.5, 0.6) is 0 Å². The average Bonchev–Trinajstić information content (AvgIpc) is 3.37. The monoisotopic (exact) mass is 439 g/mol. The lowest BCUT2D eigenvalue weighted by molar-refractivity contribution is -0.124. The van der Waals surface area contributed by atoms with Crippen LogP contribution < -0.4 is 5.32 Å². The maximum Gasteiger partial charge on any atom is 0.357 e. The van der Waals surface area contributed by atoms with Gasteiger partial charge in [0.2, 0.25) is 0 Å². The molecule has 1 aliphatic heterocycles. The zero-order valence-electron chi connectivity index (χ0n) is 16.6. The van der Waals surface area contributed by atoms with Crippen molar-refractivity contribution in [2.75, 3.05) is 18.1 Å². The molecule has 1 N–H and O–H groups in total. The van der Waals surface area contributed by atoms with E-state index in [0.29, 0.717) is 17.8 Å². The van der Waals surface area contributed by atoms with Crippen LogP contribution in [-0.4, -0.2) is 54.2 Å². The summed E-state index contributed by atoms with van der Waals surface area (Å²) in [6.07, 6.45) is 0.364. The summed E-state index contributed by atoms with van der Waals surface area (Å²) in [5.41, 5.74) is 2.29. The molecule has 31 heavy (non-hydrogen) atoms. The fraction of sp³-hybridized carbons (Fsp3) is 0.227. The van der Waals surface area contributed by atoms with Gasteiger partial charge in [0.25, 0.3) is 5.91 Å². The van der Waals surface area contributed by atoms with E-state index in [-0.39, 0.29) is 17.2 Å². The molecule has 0 spiro atoms. The summed E-state index contributed by atoms with van der Waals surface area (Å²) in [5, 5.41) is 7.15. The first-order chi connectivity index (χ1) is 14.9. The van der Waals surface area contributed by atoms with Crippen molar-refractivity contribution in [2.24, 2.45) is 0 Å². The van der Waals surface area contributed by atoms with E-state index < -0.39 is 34.4 Å². The molecular weight excluding hydrogens is 418 g/mol. The highest BCUT2D eigenvalue weighted by atomic mass is 32.2. The van der Waals surface area contributed by atoms with E-state index in [4.69, 9.17) is 4.74 Å². The third kappa shape index (κ3) is 5.00. The molecule has 0 saturated carbocycles. The number of para-hydroxylation sites is 1. The van der Waals surface area contributed by atoms with Crippen molar-refractivity contribution in [1.29, 1.82) is 0 Å². The molecule has 3 aromatic rings. The molecule has 1 aromatic heterocycles. The Labute approximate surface area is 179 Å². The lowest BCUT2D eigenvalue weighted by Crippen LogP contribution is -2.38.